The Balaban J connectivity index is 1.25. The second-order valence-corrected chi connectivity index (χ2v) is 13.4. The fourth-order valence-electron chi connectivity index (χ4n) is 6.73. The van der Waals surface area contributed by atoms with Crippen molar-refractivity contribution < 1.29 is 33.4 Å². The standard InChI is InChI=1S/C33H37ClFN3O6S/c1-43-23-17-38(18-23)33(37-12-4-5-13-37,44-22-10-8-20(9-11-22)32(41)42)30(39)15-21-14-26(34)28(16-27(21)35)36-31(40)25-19-45-29-7-3-2-6-24(25)29/h2-3,6-7,14,16,19-20,22-23H,4-5,8-13,15,17-18H2,1H3,(H,36,40)(H,41,42)/t20-,22-,33?. The lowest BCUT2D eigenvalue weighted by Crippen LogP contribution is -2.74. The van der Waals surface area contributed by atoms with Crippen molar-refractivity contribution in [3.05, 3.63) is 63.7 Å². The SMILES string of the molecule is COC1CN(C(O[C@H]2CC[C@H](C(=O)O)CC2)(C(=O)Cc2cc(Cl)c(NC(=O)c3csc4ccccc34)cc2F)N2CCCC2)C1. The quantitative estimate of drug-likeness (QED) is 0.267. The van der Waals surface area contributed by atoms with Gasteiger partial charge >= 0.3 is 5.97 Å². The Kier molecular flexibility index (Phi) is 9.56. The number of fused-ring (bicyclic) bond motifs is 1. The average molecular weight is 658 g/mol. The molecule has 9 nitrogen and oxygen atoms in total. The molecule has 0 bridgehead atoms. The van der Waals surface area contributed by atoms with Gasteiger partial charge in [-0.05, 0) is 62.3 Å². The van der Waals surface area contributed by atoms with Crippen molar-refractivity contribution in [3.63, 3.8) is 0 Å². The second kappa shape index (κ2) is 13.4. The highest BCUT2D eigenvalue weighted by Crippen LogP contribution is 2.39. The van der Waals surface area contributed by atoms with Crippen molar-refractivity contribution in [3.8, 4) is 0 Å². The van der Waals surface area contributed by atoms with Gasteiger partial charge in [0, 0.05) is 55.2 Å². The zero-order chi connectivity index (χ0) is 31.7. The number of benzene rings is 2. The molecular weight excluding hydrogens is 621 g/mol. The molecule has 1 amide bonds. The van der Waals surface area contributed by atoms with Crippen molar-refractivity contribution in [1.29, 1.82) is 0 Å². The molecule has 3 heterocycles. The van der Waals surface area contributed by atoms with E-state index < -0.39 is 29.5 Å². The van der Waals surface area contributed by atoms with Gasteiger partial charge in [-0.2, -0.15) is 0 Å². The van der Waals surface area contributed by atoms with Crippen molar-refractivity contribution in [1.82, 2.24) is 9.80 Å². The summed E-state index contributed by atoms with van der Waals surface area (Å²) in [5.41, 5.74) is 0.698. The molecular formula is C33H37ClFN3O6S. The summed E-state index contributed by atoms with van der Waals surface area (Å²) >= 11 is 8.02. The fourth-order valence-corrected chi connectivity index (χ4v) is 7.91. The molecule has 0 radical (unpaired) electrons. The summed E-state index contributed by atoms with van der Waals surface area (Å²) in [6, 6.07) is 10.1. The monoisotopic (exact) mass is 657 g/mol. The molecule has 3 aromatic rings. The van der Waals surface area contributed by atoms with Crippen LogP contribution in [0.25, 0.3) is 10.1 Å². The van der Waals surface area contributed by atoms with Gasteiger partial charge in [0.05, 0.1) is 34.4 Å². The Morgan fingerprint density at radius 1 is 1.07 bits per heavy atom. The topological polar surface area (TPSA) is 108 Å². The van der Waals surface area contributed by atoms with Crippen LogP contribution in [0.5, 0.6) is 0 Å². The van der Waals surface area contributed by atoms with Crippen LogP contribution < -0.4 is 5.32 Å². The third-order valence-corrected chi connectivity index (χ3v) is 10.6. The molecule has 12 heteroatoms. The van der Waals surface area contributed by atoms with Crippen LogP contribution in [0.1, 0.15) is 54.4 Å². The van der Waals surface area contributed by atoms with E-state index in [1.807, 2.05) is 34.1 Å². The number of hydrogen-bond donors (Lipinski definition) is 2. The van der Waals surface area contributed by atoms with Crippen LogP contribution in [0.15, 0.2) is 41.8 Å². The van der Waals surface area contributed by atoms with E-state index in [2.05, 4.69) is 5.32 Å². The maximum atomic E-state index is 15.7. The van der Waals surface area contributed by atoms with Crippen LogP contribution in [-0.4, -0.2) is 83.9 Å². The number of carbonyl (C=O) groups is 3. The van der Waals surface area contributed by atoms with Gasteiger partial charge in [0.2, 0.25) is 5.85 Å². The summed E-state index contributed by atoms with van der Waals surface area (Å²) in [5, 5.41) is 14.9. The normalized spacial score (nSPS) is 22.6. The zero-order valence-electron chi connectivity index (χ0n) is 25.1. The number of nitrogens with zero attached hydrogens (tertiary/aromatic N) is 2. The number of hydrogen-bond acceptors (Lipinski definition) is 8. The molecule has 0 spiro atoms. The summed E-state index contributed by atoms with van der Waals surface area (Å²) in [4.78, 5) is 43.2. The first-order valence-electron chi connectivity index (χ1n) is 15.4. The predicted molar refractivity (Wildman–Crippen MR) is 170 cm³/mol. The van der Waals surface area contributed by atoms with E-state index in [0.29, 0.717) is 57.4 Å². The number of thiophene rings is 1. The van der Waals surface area contributed by atoms with Gasteiger partial charge in [0.1, 0.15) is 5.82 Å². The molecule has 6 rings (SSSR count). The number of anilines is 1. The van der Waals surface area contributed by atoms with E-state index in [-0.39, 0.29) is 40.7 Å². The Hall–Kier alpha value is -2.93. The number of carboxylic acid groups (broad SMARTS) is 1. The molecule has 240 valence electrons. The average Bonchev–Trinajstić information content (AvgIpc) is 3.70. The smallest absolute Gasteiger partial charge is 0.306 e. The summed E-state index contributed by atoms with van der Waals surface area (Å²) < 4.78 is 29.0. The van der Waals surface area contributed by atoms with Gasteiger partial charge in [0.25, 0.3) is 5.91 Å². The van der Waals surface area contributed by atoms with Gasteiger partial charge in [-0.15, -0.1) is 11.3 Å². The van der Waals surface area contributed by atoms with Crippen LogP contribution in [0.4, 0.5) is 10.1 Å². The summed E-state index contributed by atoms with van der Waals surface area (Å²) in [6.45, 7) is 2.26. The second-order valence-electron chi connectivity index (χ2n) is 12.1. The first-order chi connectivity index (χ1) is 21.7. The molecule has 2 aromatic carbocycles. The Morgan fingerprint density at radius 3 is 2.47 bits per heavy atom. The van der Waals surface area contributed by atoms with Crippen molar-refractivity contribution >= 4 is 56.4 Å². The van der Waals surface area contributed by atoms with Crippen LogP contribution in [0.2, 0.25) is 5.02 Å². The molecule has 3 aliphatic rings. The molecule has 1 unspecified atom stereocenters. The van der Waals surface area contributed by atoms with Crippen molar-refractivity contribution in [2.75, 3.05) is 38.6 Å². The van der Waals surface area contributed by atoms with Gasteiger partial charge in [-0.25, -0.2) is 4.39 Å². The molecule has 1 saturated carbocycles. The zero-order valence-corrected chi connectivity index (χ0v) is 26.7. The third kappa shape index (κ3) is 6.39. The van der Waals surface area contributed by atoms with E-state index in [4.69, 9.17) is 21.1 Å². The molecule has 2 N–H and O–H groups in total. The first-order valence-corrected chi connectivity index (χ1v) is 16.7. The van der Waals surface area contributed by atoms with E-state index in [1.54, 1.807) is 12.5 Å². The molecule has 2 saturated heterocycles. The number of aliphatic carboxylic acids is 1. The minimum Gasteiger partial charge on any atom is -0.481 e. The van der Waals surface area contributed by atoms with Crippen molar-refractivity contribution in [2.24, 2.45) is 5.92 Å². The van der Waals surface area contributed by atoms with Crippen LogP contribution in [0, 0.1) is 11.7 Å². The van der Waals surface area contributed by atoms with Crippen LogP contribution in [0.3, 0.4) is 0 Å². The van der Waals surface area contributed by atoms with Gasteiger partial charge in [-0.1, -0.05) is 29.8 Å². The minimum absolute atomic E-state index is 0.0550. The highest BCUT2D eigenvalue weighted by atomic mass is 35.5. The number of Topliss-reactive ketones (excluding diaryl/α,β-unsaturated/α-hetero) is 1. The van der Waals surface area contributed by atoms with Gasteiger partial charge in [-0.3, -0.25) is 24.2 Å². The minimum atomic E-state index is -1.43. The molecule has 1 atom stereocenters. The van der Waals surface area contributed by atoms with E-state index in [9.17, 15) is 19.5 Å². The lowest BCUT2D eigenvalue weighted by atomic mass is 9.87. The Morgan fingerprint density at radius 2 is 1.78 bits per heavy atom. The molecule has 1 aromatic heterocycles. The Bertz CT molecular complexity index is 1580. The predicted octanol–water partition coefficient (Wildman–Crippen LogP) is 5.80. The number of ether oxygens (including phenoxy) is 2. The first kappa shape index (κ1) is 32.0. The van der Waals surface area contributed by atoms with E-state index >= 15 is 4.39 Å². The maximum Gasteiger partial charge on any atom is 0.306 e. The van der Waals surface area contributed by atoms with Gasteiger partial charge < -0.3 is 19.9 Å². The number of likely N-dealkylation sites (tertiary alicyclic amines) is 2. The number of amides is 1. The maximum absolute atomic E-state index is 15.7. The Labute approximate surface area is 270 Å². The number of ketones is 1. The fraction of sp³-hybridized carbons (Fsp3) is 0.485. The van der Waals surface area contributed by atoms with Crippen LogP contribution in [-0.2, 0) is 25.5 Å². The number of nitrogens with one attached hydrogen (secondary N) is 1. The third-order valence-electron chi connectivity index (χ3n) is 9.32. The summed E-state index contributed by atoms with van der Waals surface area (Å²) in [6.07, 6.45) is 3.16. The van der Waals surface area contributed by atoms with E-state index in [1.165, 1.54) is 17.4 Å². The number of carboxylic acids is 1. The number of carbonyl (C=O) groups excluding carboxylic acids is 2. The molecule has 2 aliphatic heterocycles. The summed E-state index contributed by atoms with van der Waals surface area (Å²) in [7, 11) is 1.63. The lowest BCUT2D eigenvalue weighted by molar-refractivity contribution is -0.282. The molecule has 1 aliphatic carbocycles. The number of rotatable bonds is 11. The number of methoxy groups -OCH3 is 1. The molecule has 3 fully saturated rings. The molecule has 45 heavy (non-hydrogen) atoms. The lowest BCUT2D eigenvalue weighted by Gasteiger charge is -2.55. The highest BCUT2D eigenvalue weighted by molar-refractivity contribution is 7.17. The van der Waals surface area contributed by atoms with E-state index in [0.717, 1.165) is 29.0 Å². The van der Waals surface area contributed by atoms with Crippen LogP contribution >= 0.6 is 22.9 Å². The van der Waals surface area contributed by atoms with Crippen molar-refractivity contribution in [2.45, 2.75) is 63.0 Å². The summed E-state index contributed by atoms with van der Waals surface area (Å²) in [5.74, 6) is -4.03. The highest BCUT2D eigenvalue weighted by Gasteiger charge is 2.56. The largest absolute Gasteiger partial charge is 0.481 e. The van der Waals surface area contributed by atoms with Gasteiger partial charge in [0.15, 0.2) is 5.78 Å². The number of halogens is 2.